The third kappa shape index (κ3) is 2.61. The fraction of sp³-hybridized carbons (Fsp3) is 0.0769. The second kappa shape index (κ2) is 5.43. The van der Waals surface area contributed by atoms with E-state index >= 15 is 0 Å². The molecule has 2 rings (SSSR count). The van der Waals surface area contributed by atoms with Crippen molar-refractivity contribution in [3.05, 3.63) is 41.8 Å². The van der Waals surface area contributed by atoms with Gasteiger partial charge in [0.05, 0.1) is 18.4 Å². The lowest BCUT2D eigenvalue weighted by Gasteiger charge is -2.11. The van der Waals surface area contributed by atoms with Crippen LogP contribution in [0.4, 0.5) is 21.6 Å². The molecule has 0 spiro atoms. The van der Waals surface area contributed by atoms with Crippen molar-refractivity contribution in [2.75, 3.05) is 18.2 Å². The molecular weight excluding hydrogens is 265 g/mol. The van der Waals surface area contributed by atoms with Crippen molar-refractivity contribution in [3.8, 4) is 5.75 Å². The van der Waals surface area contributed by atoms with Crippen LogP contribution in [0, 0.1) is 5.82 Å². The number of aromatic nitrogens is 1. The van der Waals surface area contributed by atoms with Gasteiger partial charge in [0.15, 0.2) is 17.4 Å². The van der Waals surface area contributed by atoms with Gasteiger partial charge in [-0.1, -0.05) is 0 Å². The first-order valence-corrected chi connectivity index (χ1v) is 5.61. The smallest absolute Gasteiger partial charge is 0.337 e. The fourth-order valence-corrected chi connectivity index (χ4v) is 1.63. The number of ether oxygens (including phenoxy) is 1. The summed E-state index contributed by atoms with van der Waals surface area (Å²) < 4.78 is 18.1. The number of aromatic carboxylic acids is 1. The zero-order chi connectivity index (χ0) is 14.7. The van der Waals surface area contributed by atoms with Crippen LogP contribution in [0.1, 0.15) is 10.4 Å². The SMILES string of the molecule is COc1cc(Nc2nccc(C(=O)O)c2N)ccc1F. The van der Waals surface area contributed by atoms with Gasteiger partial charge in [0.25, 0.3) is 0 Å². The monoisotopic (exact) mass is 277 g/mol. The molecule has 6 nitrogen and oxygen atoms in total. The van der Waals surface area contributed by atoms with Crippen LogP contribution in [0.15, 0.2) is 30.5 Å². The summed E-state index contributed by atoms with van der Waals surface area (Å²) in [5.74, 6) is -1.41. The minimum atomic E-state index is -1.15. The van der Waals surface area contributed by atoms with Gasteiger partial charge in [-0.2, -0.15) is 0 Å². The lowest BCUT2D eigenvalue weighted by atomic mass is 10.2. The number of carboxylic acid groups (broad SMARTS) is 1. The number of pyridine rings is 1. The van der Waals surface area contributed by atoms with Gasteiger partial charge in [0.2, 0.25) is 0 Å². The maximum absolute atomic E-state index is 13.3. The van der Waals surface area contributed by atoms with Crippen LogP contribution in [-0.4, -0.2) is 23.2 Å². The highest BCUT2D eigenvalue weighted by Crippen LogP contribution is 2.27. The molecular formula is C13H12FN3O3. The maximum Gasteiger partial charge on any atom is 0.337 e. The van der Waals surface area contributed by atoms with Crippen molar-refractivity contribution in [2.45, 2.75) is 0 Å². The third-order valence-corrected chi connectivity index (χ3v) is 2.63. The summed E-state index contributed by atoms with van der Waals surface area (Å²) in [5, 5.41) is 11.8. The number of carbonyl (C=O) groups is 1. The van der Waals surface area contributed by atoms with Crippen molar-refractivity contribution in [3.63, 3.8) is 0 Å². The van der Waals surface area contributed by atoms with E-state index in [-0.39, 0.29) is 22.8 Å². The van der Waals surface area contributed by atoms with E-state index in [1.807, 2.05) is 0 Å². The van der Waals surface area contributed by atoms with Gasteiger partial charge < -0.3 is 20.9 Å². The first-order valence-electron chi connectivity index (χ1n) is 5.61. The summed E-state index contributed by atoms with van der Waals surface area (Å²) in [7, 11) is 1.35. The topological polar surface area (TPSA) is 97.5 Å². The number of anilines is 3. The van der Waals surface area contributed by atoms with E-state index in [4.69, 9.17) is 15.6 Å². The number of nitrogens with two attached hydrogens (primary N) is 1. The molecule has 20 heavy (non-hydrogen) atoms. The summed E-state index contributed by atoms with van der Waals surface area (Å²) in [6.45, 7) is 0. The lowest BCUT2D eigenvalue weighted by Crippen LogP contribution is -2.07. The largest absolute Gasteiger partial charge is 0.494 e. The Morgan fingerprint density at radius 1 is 1.45 bits per heavy atom. The van der Waals surface area contributed by atoms with Gasteiger partial charge in [0.1, 0.15) is 0 Å². The zero-order valence-corrected chi connectivity index (χ0v) is 10.6. The van der Waals surface area contributed by atoms with Gasteiger partial charge >= 0.3 is 5.97 Å². The molecule has 0 aliphatic heterocycles. The maximum atomic E-state index is 13.3. The van der Waals surface area contributed by atoms with Crippen LogP contribution in [0.5, 0.6) is 5.75 Å². The Labute approximate surface area is 114 Å². The first kappa shape index (κ1) is 13.6. The number of nitrogens with zero attached hydrogens (tertiary/aromatic N) is 1. The summed E-state index contributed by atoms with van der Waals surface area (Å²) in [4.78, 5) is 14.9. The van der Waals surface area contributed by atoms with E-state index in [0.29, 0.717) is 5.69 Å². The third-order valence-electron chi connectivity index (χ3n) is 2.63. The number of halogens is 1. The second-order valence-corrected chi connectivity index (χ2v) is 3.90. The number of benzene rings is 1. The number of hydrogen-bond acceptors (Lipinski definition) is 5. The lowest BCUT2D eigenvalue weighted by molar-refractivity contribution is 0.0698. The van der Waals surface area contributed by atoms with Gasteiger partial charge in [0, 0.05) is 18.0 Å². The number of hydrogen-bond donors (Lipinski definition) is 3. The van der Waals surface area contributed by atoms with E-state index in [9.17, 15) is 9.18 Å². The van der Waals surface area contributed by atoms with Crippen LogP contribution in [0.2, 0.25) is 0 Å². The minimum absolute atomic E-state index is 0.00305. The van der Waals surface area contributed by atoms with Gasteiger partial charge in [-0.3, -0.25) is 0 Å². The highest BCUT2D eigenvalue weighted by atomic mass is 19.1. The van der Waals surface area contributed by atoms with Gasteiger partial charge in [-0.05, 0) is 18.2 Å². The Morgan fingerprint density at radius 3 is 2.85 bits per heavy atom. The highest BCUT2D eigenvalue weighted by molar-refractivity contribution is 5.96. The molecule has 104 valence electrons. The number of nitrogen functional groups attached to an aromatic ring is 1. The van der Waals surface area contributed by atoms with E-state index in [1.54, 1.807) is 0 Å². The van der Waals surface area contributed by atoms with E-state index in [1.165, 1.54) is 37.6 Å². The Hall–Kier alpha value is -2.83. The van der Waals surface area contributed by atoms with E-state index in [2.05, 4.69) is 10.3 Å². The Balaban J connectivity index is 2.35. The van der Waals surface area contributed by atoms with Crippen molar-refractivity contribution < 1.29 is 19.0 Å². The Morgan fingerprint density at radius 2 is 2.20 bits per heavy atom. The highest BCUT2D eigenvalue weighted by Gasteiger charge is 2.13. The summed E-state index contributed by atoms with van der Waals surface area (Å²) in [6.07, 6.45) is 1.32. The molecule has 0 aliphatic rings. The molecule has 0 aliphatic carbocycles. The van der Waals surface area contributed by atoms with Crippen molar-refractivity contribution in [1.29, 1.82) is 0 Å². The number of carboxylic acids is 1. The number of rotatable bonds is 4. The average molecular weight is 277 g/mol. The van der Waals surface area contributed by atoms with Gasteiger partial charge in [-0.15, -0.1) is 0 Å². The molecule has 0 unspecified atom stereocenters. The predicted molar refractivity (Wildman–Crippen MR) is 71.8 cm³/mol. The van der Waals surface area contributed by atoms with Crippen LogP contribution in [-0.2, 0) is 0 Å². The van der Waals surface area contributed by atoms with Crippen molar-refractivity contribution >= 4 is 23.2 Å². The van der Waals surface area contributed by atoms with Crippen molar-refractivity contribution in [1.82, 2.24) is 4.98 Å². The molecule has 0 saturated heterocycles. The minimum Gasteiger partial charge on any atom is -0.494 e. The first-order chi connectivity index (χ1) is 9.52. The van der Waals surface area contributed by atoms with Gasteiger partial charge in [-0.25, -0.2) is 14.2 Å². The molecule has 0 saturated carbocycles. The number of nitrogens with one attached hydrogen (secondary N) is 1. The Kier molecular flexibility index (Phi) is 3.69. The zero-order valence-electron chi connectivity index (χ0n) is 10.6. The van der Waals surface area contributed by atoms with Crippen molar-refractivity contribution in [2.24, 2.45) is 0 Å². The number of methoxy groups -OCH3 is 1. The molecule has 1 aromatic carbocycles. The summed E-state index contributed by atoms with van der Waals surface area (Å²) in [5.41, 5.74) is 6.14. The molecule has 0 bridgehead atoms. The molecule has 1 aromatic heterocycles. The molecule has 4 N–H and O–H groups in total. The molecule has 7 heteroatoms. The fourth-order valence-electron chi connectivity index (χ4n) is 1.63. The van der Waals surface area contributed by atoms with Crippen LogP contribution >= 0.6 is 0 Å². The van der Waals surface area contributed by atoms with Crippen LogP contribution in [0.3, 0.4) is 0 Å². The average Bonchev–Trinajstić information content (AvgIpc) is 2.42. The summed E-state index contributed by atoms with van der Waals surface area (Å²) in [6, 6.07) is 5.41. The molecule has 1 heterocycles. The molecule has 0 fully saturated rings. The summed E-state index contributed by atoms with van der Waals surface area (Å²) >= 11 is 0. The Bertz CT molecular complexity index is 661. The molecule has 2 aromatic rings. The van der Waals surface area contributed by atoms with Crippen LogP contribution in [0.25, 0.3) is 0 Å². The standard InChI is InChI=1S/C13H12FN3O3/c1-20-10-6-7(2-3-9(10)14)17-12-11(15)8(13(18)19)4-5-16-12/h2-6H,15H2,1H3,(H,16,17)(H,18,19). The molecule has 0 atom stereocenters. The molecule has 0 amide bonds. The molecule has 0 radical (unpaired) electrons. The second-order valence-electron chi connectivity index (χ2n) is 3.90. The quantitative estimate of drug-likeness (QED) is 0.793. The van der Waals surface area contributed by atoms with E-state index in [0.717, 1.165) is 0 Å². The van der Waals surface area contributed by atoms with Crippen LogP contribution < -0.4 is 15.8 Å². The predicted octanol–water partition coefficient (Wildman–Crippen LogP) is 2.25. The van der Waals surface area contributed by atoms with E-state index < -0.39 is 11.8 Å². The normalized spacial score (nSPS) is 10.1.